The van der Waals surface area contributed by atoms with Gasteiger partial charge in [0, 0.05) is 24.9 Å². The molecule has 0 aliphatic carbocycles. The molecule has 3 nitrogen and oxygen atoms in total. The molecule has 0 aromatic heterocycles. The zero-order chi connectivity index (χ0) is 14.2. The van der Waals surface area contributed by atoms with Gasteiger partial charge >= 0.3 is 0 Å². The lowest BCUT2D eigenvalue weighted by atomic mass is 10.0. The molecule has 1 aromatic carbocycles. The average Bonchev–Trinajstić information content (AvgIpc) is 2.76. The first-order chi connectivity index (χ1) is 9.85. The van der Waals surface area contributed by atoms with Gasteiger partial charge in [-0.3, -0.25) is 4.90 Å². The lowest BCUT2D eigenvalue weighted by molar-refractivity contribution is 0.217. The van der Waals surface area contributed by atoms with Gasteiger partial charge in [0.2, 0.25) is 0 Å². The maximum absolute atomic E-state index is 6.05. The first-order valence-corrected chi connectivity index (χ1v) is 8.75. The highest BCUT2D eigenvalue weighted by molar-refractivity contribution is 7.99. The molecule has 0 radical (unpaired) electrons. The lowest BCUT2D eigenvalue weighted by Crippen LogP contribution is -2.35. The summed E-state index contributed by atoms with van der Waals surface area (Å²) < 4.78 is 5.74. The van der Waals surface area contributed by atoms with Gasteiger partial charge in [0.25, 0.3) is 0 Å². The number of benzene rings is 1. The minimum atomic E-state index is 0.318. The van der Waals surface area contributed by atoms with Crippen LogP contribution in [0.2, 0.25) is 0 Å². The molecule has 1 aliphatic heterocycles. The van der Waals surface area contributed by atoms with Crippen LogP contribution in [0.4, 0.5) is 0 Å². The molecule has 1 atom stereocenters. The summed E-state index contributed by atoms with van der Waals surface area (Å²) in [6.07, 6.45) is 2.29. The smallest absolute Gasteiger partial charge is 0.119 e. The van der Waals surface area contributed by atoms with E-state index in [1.165, 1.54) is 23.5 Å². The van der Waals surface area contributed by atoms with Gasteiger partial charge in [0.15, 0.2) is 0 Å². The van der Waals surface area contributed by atoms with Gasteiger partial charge in [0.1, 0.15) is 5.75 Å². The molecule has 0 spiro atoms. The maximum Gasteiger partial charge on any atom is 0.119 e. The number of nitrogens with zero attached hydrogens (tertiary/aromatic N) is 1. The van der Waals surface area contributed by atoms with Gasteiger partial charge in [-0.15, -0.1) is 0 Å². The molecule has 0 saturated carbocycles. The Hall–Kier alpha value is -0.710. The zero-order valence-corrected chi connectivity index (χ0v) is 13.2. The van der Waals surface area contributed by atoms with Crippen LogP contribution in [0.5, 0.6) is 5.75 Å². The van der Waals surface area contributed by atoms with Crippen molar-refractivity contribution >= 4 is 11.8 Å². The van der Waals surface area contributed by atoms with E-state index in [0.717, 1.165) is 31.9 Å². The number of hydrogen-bond donors (Lipinski definition) is 1. The highest BCUT2D eigenvalue weighted by Gasteiger charge is 2.20. The van der Waals surface area contributed by atoms with Gasteiger partial charge in [-0.1, -0.05) is 19.1 Å². The van der Waals surface area contributed by atoms with Crippen LogP contribution in [0, 0.1) is 0 Å². The molecule has 1 saturated heterocycles. The summed E-state index contributed by atoms with van der Waals surface area (Å²) in [7, 11) is 0. The summed E-state index contributed by atoms with van der Waals surface area (Å²) in [5.74, 6) is 3.45. The molecule has 2 rings (SSSR count). The fourth-order valence-corrected chi connectivity index (χ4v) is 3.51. The molecule has 0 amide bonds. The Morgan fingerprint density at radius 2 is 2.25 bits per heavy atom. The number of ether oxygens (including phenoxy) is 1. The Morgan fingerprint density at radius 3 is 3.05 bits per heavy atom. The van der Waals surface area contributed by atoms with Crippen LogP contribution >= 0.6 is 11.8 Å². The Kier molecular flexibility index (Phi) is 6.70. The second-order valence-corrected chi connectivity index (χ2v) is 6.40. The van der Waals surface area contributed by atoms with E-state index in [9.17, 15) is 0 Å². The largest absolute Gasteiger partial charge is 0.494 e. The summed E-state index contributed by atoms with van der Waals surface area (Å²) in [6, 6.07) is 8.76. The molecule has 1 heterocycles. The van der Waals surface area contributed by atoms with Gasteiger partial charge in [-0.05, 0) is 42.8 Å². The molecule has 20 heavy (non-hydrogen) atoms. The minimum absolute atomic E-state index is 0.318. The van der Waals surface area contributed by atoms with Gasteiger partial charge in [-0.25, -0.2) is 0 Å². The topological polar surface area (TPSA) is 38.5 Å². The first kappa shape index (κ1) is 15.7. The molecule has 4 heteroatoms. The molecular weight excluding hydrogens is 268 g/mol. The highest BCUT2D eigenvalue weighted by Crippen LogP contribution is 2.25. The second-order valence-electron chi connectivity index (χ2n) is 5.17. The van der Waals surface area contributed by atoms with E-state index in [4.69, 9.17) is 10.5 Å². The standard InChI is InChI=1S/C16H26N2OS/c1-2-9-19-15-6-3-5-14(12-15)16(13-17)18-7-4-10-20-11-8-18/h3,5-6,12,16H,2,4,7-11,13,17H2,1H3. The summed E-state index contributed by atoms with van der Waals surface area (Å²) in [5, 5.41) is 0. The van der Waals surface area contributed by atoms with Gasteiger partial charge < -0.3 is 10.5 Å². The van der Waals surface area contributed by atoms with Crippen LogP contribution in [-0.4, -0.2) is 42.6 Å². The third-order valence-electron chi connectivity index (χ3n) is 3.64. The molecule has 1 unspecified atom stereocenters. The second kappa shape index (κ2) is 8.55. The predicted molar refractivity (Wildman–Crippen MR) is 87.5 cm³/mol. The summed E-state index contributed by atoms with van der Waals surface area (Å²) in [6.45, 7) is 5.85. The van der Waals surface area contributed by atoms with E-state index in [1.54, 1.807) is 0 Å². The lowest BCUT2D eigenvalue weighted by Gasteiger charge is -2.30. The van der Waals surface area contributed by atoms with Gasteiger partial charge in [0.05, 0.1) is 6.61 Å². The van der Waals surface area contributed by atoms with Crippen molar-refractivity contribution in [3.05, 3.63) is 29.8 Å². The number of thioether (sulfide) groups is 1. The molecule has 0 bridgehead atoms. The fourth-order valence-electron chi connectivity index (χ4n) is 2.60. The monoisotopic (exact) mass is 294 g/mol. The number of hydrogen-bond acceptors (Lipinski definition) is 4. The molecule has 112 valence electrons. The van der Waals surface area contributed by atoms with E-state index in [-0.39, 0.29) is 0 Å². The summed E-state index contributed by atoms with van der Waals surface area (Å²) >= 11 is 2.05. The predicted octanol–water partition coefficient (Wildman–Crippen LogP) is 2.91. The Morgan fingerprint density at radius 1 is 1.35 bits per heavy atom. The van der Waals surface area contributed by atoms with Crippen molar-refractivity contribution in [1.29, 1.82) is 0 Å². The number of nitrogens with two attached hydrogens (primary N) is 1. The van der Waals surface area contributed by atoms with Crippen molar-refractivity contribution in [3.63, 3.8) is 0 Å². The van der Waals surface area contributed by atoms with Crippen molar-refractivity contribution in [1.82, 2.24) is 4.90 Å². The molecule has 2 N–H and O–H groups in total. The first-order valence-electron chi connectivity index (χ1n) is 7.59. The Bertz CT molecular complexity index is 392. The zero-order valence-electron chi connectivity index (χ0n) is 12.4. The third-order valence-corrected chi connectivity index (χ3v) is 4.69. The fraction of sp³-hybridized carbons (Fsp3) is 0.625. The van der Waals surface area contributed by atoms with Crippen molar-refractivity contribution in [2.24, 2.45) is 5.73 Å². The van der Waals surface area contributed by atoms with Crippen LogP contribution in [0.3, 0.4) is 0 Å². The van der Waals surface area contributed by atoms with Crippen molar-refractivity contribution in [2.75, 3.05) is 37.7 Å². The van der Waals surface area contributed by atoms with Crippen molar-refractivity contribution in [2.45, 2.75) is 25.8 Å². The van der Waals surface area contributed by atoms with E-state index >= 15 is 0 Å². The highest BCUT2D eigenvalue weighted by atomic mass is 32.2. The van der Waals surface area contributed by atoms with Crippen LogP contribution in [0.25, 0.3) is 0 Å². The third kappa shape index (κ3) is 4.40. The Labute approximate surface area is 126 Å². The SMILES string of the molecule is CCCOc1cccc(C(CN)N2CCCSCC2)c1. The van der Waals surface area contributed by atoms with Crippen LogP contribution in [0.1, 0.15) is 31.4 Å². The number of rotatable bonds is 6. The van der Waals surface area contributed by atoms with E-state index in [1.807, 2.05) is 17.8 Å². The van der Waals surface area contributed by atoms with Gasteiger partial charge in [-0.2, -0.15) is 11.8 Å². The van der Waals surface area contributed by atoms with E-state index in [2.05, 4.69) is 30.0 Å². The molecule has 1 aliphatic rings. The van der Waals surface area contributed by atoms with E-state index in [0.29, 0.717) is 12.6 Å². The normalized spacial score (nSPS) is 18.5. The summed E-state index contributed by atoms with van der Waals surface area (Å²) in [4.78, 5) is 2.53. The van der Waals surface area contributed by atoms with Crippen LogP contribution < -0.4 is 10.5 Å². The summed E-state index contributed by atoms with van der Waals surface area (Å²) in [5.41, 5.74) is 7.33. The quantitative estimate of drug-likeness (QED) is 0.875. The van der Waals surface area contributed by atoms with Crippen LogP contribution in [-0.2, 0) is 0 Å². The maximum atomic E-state index is 6.05. The van der Waals surface area contributed by atoms with E-state index < -0.39 is 0 Å². The molecule has 1 fully saturated rings. The van der Waals surface area contributed by atoms with Crippen LogP contribution in [0.15, 0.2) is 24.3 Å². The average molecular weight is 294 g/mol. The molecule has 1 aromatic rings. The minimum Gasteiger partial charge on any atom is -0.494 e. The Balaban J connectivity index is 2.09. The van der Waals surface area contributed by atoms with Crippen molar-refractivity contribution in [3.8, 4) is 5.75 Å². The van der Waals surface area contributed by atoms with Crippen molar-refractivity contribution < 1.29 is 4.74 Å². The molecular formula is C16H26N2OS.